The van der Waals surface area contributed by atoms with Crippen LogP contribution in [0.3, 0.4) is 0 Å². The van der Waals surface area contributed by atoms with Crippen LogP contribution >= 0.6 is 0 Å². The highest BCUT2D eigenvalue weighted by atomic mass is 16.5. The molecule has 0 aliphatic rings. The molecule has 0 aliphatic heterocycles. The van der Waals surface area contributed by atoms with Gasteiger partial charge in [-0.25, -0.2) is 0 Å². The second kappa shape index (κ2) is 5.66. The standard InChI is InChI=1S/C11H19NO2/c1-6-11(3,4)12-10(13)8-7-9(2)14-5/h1,9H,7-8H2,2-5H3,(H,12,13). The molecule has 1 amide bonds. The predicted octanol–water partition coefficient (Wildman–Crippen LogP) is 1.33. The number of carbonyl (C=O) groups excluding carboxylic acids is 1. The molecule has 0 spiro atoms. The van der Waals surface area contributed by atoms with E-state index >= 15 is 0 Å². The van der Waals surface area contributed by atoms with Gasteiger partial charge in [0.2, 0.25) is 5.91 Å². The fourth-order valence-corrected chi connectivity index (χ4v) is 0.899. The van der Waals surface area contributed by atoms with Crippen molar-refractivity contribution in [1.29, 1.82) is 0 Å². The summed E-state index contributed by atoms with van der Waals surface area (Å²) in [4.78, 5) is 11.4. The zero-order valence-corrected chi connectivity index (χ0v) is 9.39. The van der Waals surface area contributed by atoms with E-state index in [1.165, 1.54) is 0 Å². The van der Waals surface area contributed by atoms with Gasteiger partial charge in [0, 0.05) is 13.5 Å². The van der Waals surface area contributed by atoms with Crippen molar-refractivity contribution in [3.05, 3.63) is 0 Å². The van der Waals surface area contributed by atoms with Crippen LogP contribution in [0.2, 0.25) is 0 Å². The predicted molar refractivity (Wildman–Crippen MR) is 56.8 cm³/mol. The van der Waals surface area contributed by atoms with E-state index in [4.69, 9.17) is 11.2 Å². The van der Waals surface area contributed by atoms with Gasteiger partial charge < -0.3 is 10.1 Å². The van der Waals surface area contributed by atoms with Gasteiger partial charge in [-0.15, -0.1) is 6.42 Å². The summed E-state index contributed by atoms with van der Waals surface area (Å²) in [6.07, 6.45) is 6.51. The fraction of sp³-hybridized carbons (Fsp3) is 0.727. The van der Waals surface area contributed by atoms with E-state index in [1.807, 2.05) is 6.92 Å². The minimum absolute atomic E-state index is 0.0307. The zero-order valence-electron chi connectivity index (χ0n) is 9.39. The molecule has 0 heterocycles. The summed E-state index contributed by atoms with van der Waals surface area (Å²) in [7, 11) is 1.63. The summed E-state index contributed by atoms with van der Waals surface area (Å²) in [5.74, 6) is 2.48. The molecule has 0 bridgehead atoms. The van der Waals surface area contributed by atoms with E-state index in [1.54, 1.807) is 21.0 Å². The summed E-state index contributed by atoms with van der Waals surface area (Å²) in [5.41, 5.74) is -0.562. The van der Waals surface area contributed by atoms with Crippen LogP contribution in [-0.4, -0.2) is 24.7 Å². The topological polar surface area (TPSA) is 38.3 Å². The number of hydrogen-bond donors (Lipinski definition) is 1. The van der Waals surface area contributed by atoms with Crippen molar-refractivity contribution in [3.63, 3.8) is 0 Å². The van der Waals surface area contributed by atoms with Crippen LogP contribution in [0.5, 0.6) is 0 Å². The van der Waals surface area contributed by atoms with E-state index in [-0.39, 0.29) is 12.0 Å². The van der Waals surface area contributed by atoms with Crippen molar-refractivity contribution < 1.29 is 9.53 Å². The molecular weight excluding hydrogens is 178 g/mol. The summed E-state index contributed by atoms with van der Waals surface area (Å²) >= 11 is 0. The number of rotatable bonds is 5. The van der Waals surface area contributed by atoms with Gasteiger partial charge in [0.1, 0.15) is 0 Å². The van der Waals surface area contributed by atoms with Gasteiger partial charge in [-0.3, -0.25) is 4.79 Å². The third-order valence-electron chi connectivity index (χ3n) is 1.99. The molecule has 3 heteroatoms. The maximum Gasteiger partial charge on any atom is 0.221 e. The molecule has 3 nitrogen and oxygen atoms in total. The summed E-state index contributed by atoms with van der Waals surface area (Å²) < 4.78 is 5.04. The molecule has 0 aromatic carbocycles. The molecule has 0 aromatic rings. The first-order valence-corrected chi connectivity index (χ1v) is 4.73. The lowest BCUT2D eigenvalue weighted by molar-refractivity contribution is -0.122. The molecule has 1 N–H and O–H groups in total. The smallest absolute Gasteiger partial charge is 0.221 e. The second-order valence-electron chi connectivity index (χ2n) is 3.90. The van der Waals surface area contributed by atoms with Crippen LogP contribution in [0.25, 0.3) is 0 Å². The van der Waals surface area contributed by atoms with Gasteiger partial charge in [0.15, 0.2) is 0 Å². The van der Waals surface area contributed by atoms with E-state index in [0.717, 1.165) is 0 Å². The van der Waals surface area contributed by atoms with E-state index in [0.29, 0.717) is 12.8 Å². The maximum absolute atomic E-state index is 11.4. The molecule has 0 rings (SSSR count). The monoisotopic (exact) mass is 197 g/mol. The first kappa shape index (κ1) is 13.0. The molecule has 14 heavy (non-hydrogen) atoms. The fourth-order valence-electron chi connectivity index (χ4n) is 0.899. The maximum atomic E-state index is 11.4. The Labute approximate surface area is 86.2 Å². The van der Waals surface area contributed by atoms with Gasteiger partial charge in [0.25, 0.3) is 0 Å². The largest absolute Gasteiger partial charge is 0.382 e. The Morgan fingerprint density at radius 3 is 2.64 bits per heavy atom. The van der Waals surface area contributed by atoms with Gasteiger partial charge in [-0.05, 0) is 27.2 Å². The third-order valence-corrected chi connectivity index (χ3v) is 1.99. The normalized spacial score (nSPS) is 13.1. The van der Waals surface area contributed by atoms with E-state index in [9.17, 15) is 4.79 Å². The molecule has 80 valence electrons. The molecule has 0 fully saturated rings. The van der Waals surface area contributed by atoms with Crippen molar-refractivity contribution >= 4 is 5.91 Å². The highest BCUT2D eigenvalue weighted by Crippen LogP contribution is 2.03. The molecule has 0 aromatic heterocycles. The highest BCUT2D eigenvalue weighted by Gasteiger charge is 2.16. The molecule has 1 atom stereocenters. The lowest BCUT2D eigenvalue weighted by atomic mass is 10.1. The van der Waals surface area contributed by atoms with Crippen molar-refractivity contribution in [2.45, 2.75) is 45.3 Å². The number of carbonyl (C=O) groups is 1. The Balaban J connectivity index is 3.84. The van der Waals surface area contributed by atoms with Crippen LogP contribution in [0, 0.1) is 12.3 Å². The van der Waals surface area contributed by atoms with Gasteiger partial charge >= 0.3 is 0 Å². The van der Waals surface area contributed by atoms with Crippen molar-refractivity contribution in [2.75, 3.05) is 7.11 Å². The van der Waals surface area contributed by atoms with Crippen LogP contribution in [0.4, 0.5) is 0 Å². The van der Waals surface area contributed by atoms with Crippen LogP contribution in [0.15, 0.2) is 0 Å². The SMILES string of the molecule is C#CC(C)(C)NC(=O)CCC(C)OC. The lowest BCUT2D eigenvalue weighted by Crippen LogP contribution is -2.42. The average molecular weight is 197 g/mol. The molecule has 0 saturated heterocycles. The van der Waals surface area contributed by atoms with Crippen molar-refractivity contribution in [3.8, 4) is 12.3 Å². The van der Waals surface area contributed by atoms with Gasteiger partial charge in [-0.1, -0.05) is 5.92 Å². The van der Waals surface area contributed by atoms with Crippen LogP contribution in [-0.2, 0) is 9.53 Å². The number of methoxy groups -OCH3 is 1. The third kappa shape index (κ3) is 5.60. The molecular formula is C11H19NO2. The van der Waals surface area contributed by atoms with Crippen LogP contribution < -0.4 is 5.32 Å². The molecule has 1 unspecified atom stereocenters. The molecule has 0 radical (unpaired) electrons. The van der Waals surface area contributed by atoms with Crippen LogP contribution in [0.1, 0.15) is 33.6 Å². The van der Waals surface area contributed by atoms with Gasteiger partial charge in [0.05, 0.1) is 11.6 Å². The highest BCUT2D eigenvalue weighted by molar-refractivity contribution is 5.77. The van der Waals surface area contributed by atoms with E-state index < -0.39 is 5.54 Å². The quantitative estimate of drug-likeness (QED) is 0.675. The summed E-state index contributed by atoms with van der Waals surface area (Å²) in [5, 5.41) is 2.75. The lowest BCUT2D eigenvalue weighted by Gasteiger charge is -2.20. The Bertz CT molecular complexity index is 228. The number of hydrogen-bond acceptors (Lipinski definition) is 2. The minimum atomic E-state index is -0.562. The Morgan fingerprint density at radius 1 is 1.64 bits per heavy atom. The summed E-state index contributed by atoms with van der Waals surface area (Å²) in [6.45, 7) is 5.52. The Morgan fingerprint density at radius 2 is 2.21 bits per heavy atom. The summed E-state index contributed by atoms with van der Waals surface area (Å²) in [6, 6.07) is 0. The van der Waals surface area contributed by atoms with Gasteiger partial charge in [-0.2, -0.15) is 0 Å². The number of terminal acetylenes is 1. The van der Waals surface area contributed by atoms with Crippen molar-refractivity contribution in [2.24, 2.45) is 0 Å². The number of ether oxygens (including phenoxy) is 1. The van der Waals surface area contributed by atoms with Crippen molar-refractivity contribution in [1.82, 2.24) is 5.32 Å². The molecule has 0 aliphatic carbocycles. The number of nitrogens with one attached hydrogen (secondary N) is 1. The average Bonchev–Trinajstić information content (AvgIpc) is 2.13. The zero-order chi connectivity index (χ0) is 11.2. The van der Waals surface area contributed by atoms with E-state index in [2.05, 4.69) is 11.2 Å². The first-order valence-electron chi connectivity index (χ1n) is 4.73. The second-order valence-corrected chi connectivity index (χ2v) is 3.90. The Hall–Kier alpha value is -1.01. The number of amides is 1. The first-order chi connectivity index (χ1) is 6.41. The molecule has 0 saturated carbocycles. The Kier molecular flexibility index (Phi) is 5.26. The minimum Gasteiger partial charge on any atom is -0.382 e.